The summed E-state index contributed by atoms with van der Waals surface area (Å²) in [6.45, 7) is 4.13. The van der Waals surface area contributed by atoms with Gasteiger partial charge in [-0.05, 0) is 44.9 Å². The van der Waals surface area contributed by atoms with Gasteiger partial charge in [-0.2, -0.15) is 4.98 Å². The van der Waals surface area contributed by atoms with Gasteiger partial charge in [0.15, 0.2) is 0 Å². The highest BCUT2D eigenvalue weighted by Crippen LogP contribution is 2.30. The van der Waals surface area contributed by atoms with E-state index in [-0.39, 0.29) is 28.5 Å². The lowest BCUT2D eigenvalue weighted by molar-refractivity contribution is -0.00786. The van der Waals surface area contributed by atoms with Crippen LogP contribution in [0.4, 0.5) is 4.39 Å². The van der Waals surface area contributed by atoms with E-state index in [4.69, 9.17) is 14.0 Å². The van der Waals surface area contributed by atoms with Crippen LogP contribution in [0.5, 0.6) is 0 Å². The number of hydrogen-bond donors (Lipinski definition) is 0. The third-order valence-electron chi connectivity index (χ3n) is 5.50. The average molecular weight is 413 g/mol. The molecule has 1 fully saturated rings. The lowest BCUT2D eigenvalue weighted by Gasteiger charge is -2.18. The van der Waals surface area contributed by atoms with Gasteiger partial charge >= 0.3 is 0 Å². The van der Waals surface area contributed by atoms with Crippen molar-refractivity contribution in [3.8, 4) is 11.5 Å². The van der Waals surface area contributed by atoms with Gasteiger partial charge in [0, 0.05) is 13.7 Å². The van der Waals surface area contributed by atoms with Crippen molar-refractivity contribution in [1.82, 2.24) is 24.1 Å². The van der Waals surface area contributed by atoms with Crippen LogP contribution in [0.1, 0.15) is 38.8 Å². The minimum Gasteiger partial charge on any atom is -0.369 e. The van der Waals surface area contributed by atoms with Crippen molar-refractivity contribution in [3.05, 3.63) is 46.6 Å². The smallest absolute Gasteiger partial charge is 0.279 e. The Hall–Kier alpha value is -3.11. The van der Waals surface area contributed by atoms with Crippen LogP contribution in [0.3, 0.4) is 0 Å². The van der Waals surface area contributed by atoms with Gasteiger partial charge in [-0.15, -0.1) is 0 Å². The molecule has 5 rings (SSSR count). The second-order valence-corrected chi connectivity index (χ2v) is 7.73. The van der Waals surface area contributed by atoms with Gasteiger partial charge in [0.2, 0.25) is 5.82 Å². The first kappa shape index (κ1) is 18.9. The van der Waals surface area contributed by atoms with Gasteiger partial charge in [-0.25, -0.2) is 9.37 Å². The summed E-state index contributed by atoms with van der Waals surface area (Å²) >= 11 is 0. The molecule has 0 bridgehead atoms. The van der Waals surface area contributed by atoms with E-state index >= 15 is 0 Å². The van der Waals surface area contributed by atoms with Crippen molar-refractivity contribution in [2.45, 2.75) is 38.5 Å². The first-order valence-corrected chi connectivity index (χ1v) is 9.63. The van der Waals surface area contributed by atoms with E-state index in [0.717, 1.165) is 6.42 Å². The molecule has 10 heteroatoms. The number of methoxy groups -OCH3 is 1. The normalized spacial score (nSPS) is 17.4. The summed E-state index contributed by atoms with van der Waals surface area (Å²) in [6.07, 6.45) is 2.53. The fourth-order valence-electron chi connectivity index (χ4n) is 3.72. The largest absolute Gasteiger partial charge is 0.369 e. The third-order valence-corrected chi connectivity index (χ3v) is 5.50. The number of hydrogen-bond acceptors (Lipinski definition) is 7. The van der Waals surface area contributed by atoms with Crippen LogP contribution in [-0.2, 0) is 15.1 Å². The van der Waals surface area contributed by atoms with Crippen molar-refractivity contribution in [3.63, 3.8) is 0 Å². The summed E-state index contributed by atoms with van der Waals surface area (Å²) in [5.74, 6) is 0.0106. The number of ether oxygens (including phenoxy) is 2. The zero-order valence-electron chi connectivity index (χ0n) is 16.8. The number of benzene rings is 1. The quantitative estimate of drug-likeness (QED) is 0.507. The van der Waals surface area contributed by atoms with Crippen molar-refractivity contribution in [2.24, 2.45) is 0 Å². The molecule has 1 atom stereocenters. The highest BCUT2D eigenvalue weighted by Gasteiger charge is 2.30. The molecule has 0 N–H and O–H groups in total. The number of rotatable bonds is 4. The third kappa shape index (κ3) is 2.75. The van der Waals surface area contributed by atoms with E-state index in [2.05, 4.69) is 15.1 Å². The zero-order valence-corrected chi connectivity index (χ0v) is 16.8. The molecule has 0 amide bonds. The predicted octanol–water partition coefficient (Wildman–Crippen LogP) is 3.03. The summed E-state index contributed by atoms with van der Waals surface area (Å²) < 4.78 is 33.6. The first-order chi connectivity index (χ1) is 14.4. The van der Waals surface area contributed by atoms with E-state index in [1.165, 1.54) is 23.0 Å². The molecular weight excluding hydrogens is 393 g/mol. The molecule has 156 valence electrons. The second-order valence-electron chi connectivity index (χ2n) is 7.73. The minimum absolute atomic E-state index is 0.176. The Morgan fingerprint density at radius 3 is 2.87 bits per heavy atom. The van der Waals surface area contributed by atoms with Gasteiger partial charge in [0.1, 0.15) is 35.2 Å². The summed E-state index contributed by atoms with van der Waals surface area (Å²) in [4.78, 5) is 22.3. The molecule has 0 aliphatic carbocycles. The predicted molar refractivity (Wildman–Crippen MR) is 104 cm³/mol. The lowest BCUT2D eigenvalue weighted by atomic mass is 10.1. The second kappa shape index (κ2) is 6.71. The zero-order chi connectivity index (χ0) is 21.0. The Labute approximate surface area is 170 Å². The lowest BCUT2D eigenvalue weighted by Crippen LogP contribution is -2.27. The Bertz CT molecular complexity index is 1320. The molecule has 0 saturated carbocycles. The van der Waals surface area contributed by atoms with Crippen molar-refractivity contribution < 1.29 is 18.4 Å². The fourth-order valence-corrected chi connectivity index (χ4v) is 3.72. The Morgan fingerprint density at radius 2 is 2.13 bits per heavy atom. The van der Waals surface area contributed by atoms with Crippen LogP contribution in [-0.4, -0.2) is 37.8 Å². The van der Waals surface area contributed by atoms with Gasteiger partial charge in [-0.3, -0.25) is 13.8 Å². The molecule has 30 heavy (non-hydrogen) atoms. The summed E-state index contributed by atoms with van der Waals surface area (Å²) in [5.41, 5.74) is 0.471. The number of nitrogens with zero attached hydrogens (tertiary/aromatic N) is 5. The molecule has 1 aliphatic heterocycles. The molecule has 1 aromatic carbocycles. The van der Waals surface area contributed by atoms with Crippen LogP contribution >= 0.6 is 0 Å². The summed E-state index contributed by atoms with van der Waals surface area (Å²) in [5, 5.41) is 4.00. The number of fused-ring (bicyclic) bond motifs is 3. The maximum absolute atomic E-state index is 14.0. The van der Waals surface area contributed by atoms with E-state index in [1.54, 1.807) is 31.4 Å². The first-order valence-electron chi connectivity index (χ1n) is 9.63. The standard InChI is InChI=1S/C20H20FN5O4/c1-20(2,28-3)19-23-17(24-30-19)15-16-18(27)26(14-5-4-8-29-14)13-9-11(21)6-7-12(13)25(16)10-22-15/h6-7,9-10,14H,4-5,8H2,1-3H3. The molecule has 4 aromatic rings. The van der Waals surface area contributed by atoms with Crippen LogP contribution in [0.2, 0.25) is 0 Å². The maximum atomic E-state index is 14.0. The number of imidazole rings is 1. The van der Waals surface area contributed by atoms with Crippen molar-refractivity contribution in [2.75, 3.05) is 13.7 Å². The van der Waals surface area contributed by atoms with Gasteiger partial charge in [0.05, 0.1) is 11.0 Å². The fraction of sp³-hybridized carbons (Fsp3) is 0.400. The molecule has 1 saturated heterocycles. The van der Waals surface area contributed by atoms with E-state index in [1.807, 2.05) is 0 Å². The Morgan fingerprint density at radius 1 is 1.30 bits per heavy atom. The molecule has 1 aliphatic rings. The minimum atomic E-state index is -0.789. The van der Waals surface area contributed by atoms with E-state index in [0.29, 0.717) is 24.1 Å². The van der Waals surface area contributed by atoms with Gasteiger partial charge in [-0.1, -0.05) is 5.16 Å². The highest BCUT2D eigenvalue weighted by molar-refractivity contribution is 5.83. The maximum Gasteiger partial charge on any atom is 0.279 e. The highest BCUT2D eigenvalue weighted by atomic mass is 19.1. The molecule has 0 radical (unpaired) electrons. The monoisotopic (exact) mass is 413 g/mol. The molecule has 0 spiro atoms. The van der Waals surface area contributed by atoms with Crippen molar-refractivity contribution in [1.29, 1.82) is 0 Å². The summed E-state index contributed by atoms with van der Waals surface area (Å²) in [7, 11) is 1.54. The number of halogens is 1. The van der Waals surface area contributed by atoms with Crippen LogP contribution in [0.25, 0.3) is 28.1 Å². The molecule has 4 heterocycles. The topological polar surface area (TPSA) is 96.7 Å². The summed E-state index contributed by atoms with van der Waals surface area (Å²) in [6, 6.07) is 4.30. The van der Waals surface area contributed by atoms with Gasteiger partial charge in [0.25, 0.3) is 11.4 Å². The van der Waals surface area contributed by atoms with Crippen LogP contribution < -0.4 is 5.56 Å². The number of aromatic nitrogens is 5. The average Bonchev–Trinajstić information content (AvgIpc) is 3.47. The van der Waals surface area contributed by atoms with Gasteiger partial charge < -0.3 is 14.0 Å². The van der Waals surface area contributed by atoms with E-state index < -0.39 is 17.6 Å². The molecule has 9 nitrogen and oxygen atoms in total. The molecule has 1 unspecified atom stereocenters. The van der Waals surface area contributed by atoms with Crippen LogP contribution in [0, 0.1) is 5.82 Å². The van der Waals surface area contributed by atoms with E-state index in [9.17, 15) is 9.18 Å². The SMILES string of the molecule is COC(C)(C)c1nc(-c2ncn3c2c(=O)n(C2CCCO2)c2cc(F)ccc23)no1. The molecular formula is C20H20FN5O4. The van der Waals surface area contributed by atoms with Crippen molar-refractivity contribution >= 4 is 16.6 Å². The van der Waals surface area contributed by atoms with Crippen LogP contribution in [0.15, 0.2) is 33.8 Å². The Balaban J connectivity index is 1.80. The molecule has 3 aromatic heterocycles. The Kier molecular flexibility index (Phi) is 4.23.